The van der Waals surface area contributed by atoms with E-state index in [0.717, 1.165) is 23.3 Å². The number of carboxylic acid groups (broad SMARTS) is 1. The summed E-state index contributed by atoms with van der Waals surface area (Å²) in [5.41, 5.74) is 1.45. The lowest BCUT2D eigenvalue weighted by atomic mass is 10.1. The first kappa shape index (κ1) is 16.6. The molecule has 0 saturated carbocycles. The van der Waals surface area contributed by atoms with Crippen molar-refractivity contribution in [3.8, 4) is 10.4 Å². The maximum atomic E-state index is 13.9. The van der Waals surface area contributed by atoms with E-state index in [-0.39, 0.29) is 5.82 Å². The summed E-state index contributed by atoms with van der Waals surface area (Å²) in [5, 5.41) is 14.2. The van der Waals surface area contributed by atoms with Crippen molar-refractivity contribution in [3.05, 3.63) is 47.1 Å². The second-order valence-corrected chi connectivity index (χ2v) is 6.15. The summed E-state index contributed by atoms with van der Waals surface area (Å²) in [6.45, 7) is 2.45. The van der Waals surface area contributed by atoms with E-state index in [1.165, 1.54) is 17.4 Å². The number of nitrogens with one attached hydrogen (secondary N) is 1. The zero-order valence-corrected chi connectivity index (χ0v) is 13.3. The molecule has 0 radical (unpaired) electrons. The van der Waals surface area contributed by atoms with Crippen LogP contribution in [0.25, 0.3) is 10.4 Å². The van der Waals surface area contributed by atoms with E-state index < -0.39 is 12.0 Å². The van der Waals surface area contributed by atoms with Gasteiger partial charge in [0.15, 0.2) is 0 Å². The van der Waals surface area contributed by atoms with Crippen LogP contribution in [0.4, 0.5) is 4.39 Å². The highest BCUT2D eigenvalue weighted by atomic mass is 32.1. The Bertz CT molecular complexity index is 613. The SMILES string of the molecule is CCCC[C@H](NCc1ccc(F)c(-c2cccs2)c1)C(=O)O. The average Bonchev–Trinajstić information content (AvgIpc) is 3.02. The Morgan fingerprint density at radius 3 is 2.86 bits per heavy atom. The molecular formula is C17H20FNO2S. The summed E-state index contributed by atoms with van der Waals surface area (Å²) in [5.74, 6) is -1.10. The fourth-order valence-corrected chi connectivity index (χ4v) is 3.01. The molecule has 0 aliphatic rings. The summed E-state index contributed by atoms with van der Waals surface area (Å²) in [7, 11) is 0. The Balaban J connectivity index is 2.07. The second kappa shape index (κ2) is 8.06. The third kappa shape index (κ3) is 4.39. The normalized spacial score (nSPS) is 12.3. The molecule has 1 atom stereocenters. The minimum Gasteiger partial charge on any atom is -0.480 e. The van der Waals surface area contributed by atoms with Gasteiger partial charge in [-0.15, -0.1) is 11.3 Å². The number of carbonyl (C=O) groups is 1. The molecular weight excluding hydrogens is 301 g/mol. The molecule has 3 nitrogen and oxygen atoms in total. The van der Waals surface area contributed by atoms with Gasteiger partial charge in [-0.3, -0.25) is 4.79 Å². The summed E-state index contributed by atoms with van der Waals surface area (Å²) < 4.78 is 13.9. The Labute approximate surface area is 133 Å². The van der Waals surface area contributed by atoms with Gasteiger partial charge in [0.05, 0.1) is 0 Å². The fourth-order valence-electron chi connectivity index (χ4n) is 2.27. The maximum absolute atomic E-state index is 13.9. The van der Waals surface area contributed by atoms with Crippen molar-refractivity contribution in [2.24, 2.45) is 0 Å². The van der Waals surface area contributed by atoms with Gasteiger partial charge in [0.1, 0.15) is 11.9 Å². The highest BCUT2D eigenvalue weighted by Gasteiger charge is 2.16. The lowest BCUT2D eigenvalue weighted by Gasteiger charge is -2.14. The van der Waals surface area contributed by atoms with Gasteiger partial charge in [-0.2, -0.15) is 0 Å². The number of hydrogen-bond acceptors (Lipinski definition) is 3. The van der Waals surface area contributed by atoms with Gasteiger partial charge in [0.25, 0.3) is 0 Å². The molecule has 2 rings (SSSR count). The number of benzene rings is 1. The molecule has 0 aliphatic carbocycles. The summed E-state index contributed by atoms with van der Waals surface area (Å²) in [6.07, 6.45) is 2.43. The van der Waals surface area contributed by atoms with Crippen LogP contribution in [0, 0.1) is 5.82 Å². The molecule has 2 aromatic rings. The van der Waals surface area contributed by atoms with Crippen LogP contribution in [0.5, 0.6) is 0 Å². The molecule has 22 heavy (non-hydrogen) atoms. The fraction of sp³-hybridized carbons (Fsp3) is 0.353. The second-order valence-electron chi connectivity index (χ2n) is 5.21. The minimum absolute atomic E-state index is 0.257. The van der Waals surface area contributed by atoms with Crippen molar-refractivity contribution in [1.29, 1.82) is 0 Å². The molecule has 0 spiro atoms. The largest absolute Gasteiger partial charge is 0.480 e. The molecule has 1 heterocycles. The van der Waals surface area contributed by atoms with E-state index in [0.29, 0.717) is 18.5 Å². The number of carboxylic acids is 1. The van der Waals surface area contributed by atoms with E-state index in [1.807, 2.05) is 24.4 Å². The van der Waals surface area contributed by atoms with Crippen molar-refractivity contribution in [3.63, 3.8) is 0 Å². The molecule has 0 amide bonds. The van der Waals surface area contributed by atoms with E-state index in [9.17, 15) is 14.3 Å². The standard InChI is InChI=1S/C17H20FNO2S/c1-2-3-5-15(17(20)21)19-11-12-7-8-14(18)13(10-12)16-6-4-9-22-16/h4,6-10,15,19H,2-3,5,11H2,1H3,(H,20,21)/t15-/m0/s1. The Kier molecular flexibility index (Phi) is 6.10. The number of thiophene rings is 1. The van der Waals surface area contributed by atoms with Crippen LogP contribution in [-0.4, -0.2) is 17.1 Å². The van der Waals surface area contributed by atoms with Gasteiger partial charge in [0.2, 0.25) is 0 Å². The van der Waals surface area contributed by atoms with E-state index in [1.54, 1.807) is 12.1 Å². The highest BCUT2D eigenvalue weighted by Crippen LogP contribution is 2.28. The van der Waals surface area contributed by atoms with Crippen LogP contribution in [0.3, 0.4) is 0 Å². The maximum Gasteiger partial charge on any atom is 0.320 e. The van der Waals surface area contributed by atoms with Gasteiger partial charge in [0, 0.05) is 17.0 Å². The average molecular weight is 321 g/mol. The number of hydrogen-bond donors (Lipinski definition) is 2. The smallest absolute Gasteiger partial charge is 0.320 e. The van der Waals surface area contributed by atoms with Crippen molar-refractivity contribution in [1.82, 2.24) is 5.32 Å². The third-order valence-electron chi connectivity index (χ3n) is 3.51. The van der Waals surface area contributed by atoms with E-state index in [4.69, 9.17) is 0 Å². The first-order valence-corrected chi connectivity index (χ1v) is 8.28. The molecule has 0 bridgehead atoms. The van der Waals surface area contributed by atoms with Crippen LogP contribution >= 0.6 is 11.3 Å². The van der Waals surface area contributed by atoms with Crippen molar-refractivity contribution < 1.29 is 14.3 Å². The summed E-state index contributed by atoms with van der Waals surface area (Å²) >= 11 is 1.48. The Morgan fingerprint density at radius 1 is 1.41 bits per heavy atom. The molecule has 0 fully saturated rings. The first-order chi connectivity index (χ1) is 10.6. The van der Waals surface area contributed by atoms with Crippen LogP contribution in [0.15, 0.2) is 35.7 Å². The predicted octanol–water partition coefficient (Wildman–Crippen LogP) is 4.29. The van der Waals surface area contributed by atoms with Gasteiger partial charge >= 0.3 is 5.97 Å². The molecule has 0 saturated heterocycles. The van der Waals surface area contributed by atoms with Crippen LogP contribution in [0.2, 0.25) is 0 Å². The number of halogens is 1. The first-order valence-electron chi connectivity index (χ1n) is 7.40. The van der Waals surface area contributed by atoms with Crippen molar-refractivity contribution in [2.45, 2.75) is 38.8 Å². The topological polar surface area (TPSA) is 49.3 Å². The van der Waals surface area contributed by atoms with Gasteiger partial charge in [-0.1, -0.05) is 31.9 Å². The molecule has 1 aromatic heterocycles. The minimum atomic E-state index is -0.839. The third-order valence-corrected chi connectivity index (χ3v) is 4.42. The monoisotopic (exact) mass is 321 g/mol. The number of rotatable bonds is 8. The lowest BCUT2D eigenvalue weighted by Crippen LogP contribution is -2.36. The van der Waals surface area contributed by atoms with E-state index in [2.05, 4.69) is 5.32 Å². The predicted molar refractivity (Wildman–Crippen MR) is 87.5 cm³/mol. The van der Waals surface area contributed by atoms with Gasteiger partial charge in [-0.05, 0) is 35.6 Å². The number of unbranched alkanes of at least 4 members (excludes halogenated alkanes) is 1. The molecule has 5 heteroatoms. The van der Waals surface area contributed by atoms with Gasteiger partial charge in [-0.25, -0.2) is 4.39 Å². The van der Waals surface area contributed by atoms with Crippen LogP contribution in [0.1, 0.15) is 31.7 Å². The zero-order chi connectivity index (χ0) is 15.9. The Morgan fingerprint density at radius 2 is 2.23 bits per heavy atom. The van der Waals surface area contributed by atoms with Crippen molar-refractivity contribution >= 4 is 17.3 Å². The quantitative estimate of drug-likeness (QED) is 0.762. The highest BCUT2D eigenvalue weighted by molar-refractivity contribution is 7.13. The molecule has 2 N–H and O–H groups in total. The zero-order valence-electron chi connectivity index (χ0n) is 12.5. The molecule has 118 valence electrons. The van der Waals surface area contributed by atoms with Crippen LogP contribution < -0.4 is 5.32 Å². The van der Waals surface area contributed by atoms with Gasteiger partial charge < -0.3 is 10.4 Å². The van der Waals surface area contributed by atoms with E-state index >= 15 is 0 Å². The summed E-state index contributed by atoms with van der Waals surface area (Å²) in [4.78, 5) is 12.1. The Hall–Kier alpha value is -1.72. The van der Waals surface area contributed by atoms with Crippen LogP contribution in [-0.2, 0) is 11.3 Å². The molecule has 0 aliphatic heterocycles. The summed E-state index contributed by atoms with van der Waals surface area (Å²) in [6, 6.07) is 8.12. The lowest BCUT2D eigenvalue weighted by molar-refractivity contribution is -0.139. The molecule has 0 unspecified atom stereocenters. The number of aliphatic carboxylic acids is 1. The molecule has 1 aromatic carbocycles. The van der Waals surface area contributed by atoms with Crippen molar-refractivity contribution in [2.75, 3.05) is 0 Å².